The van der Waals surface area contributed by atoms with Crippen LogP contribution in [-0.4, -0.2) is 33.0 Å². The topological polar surface area (TPSA) is 101 Å². The van der Waals surface area contributed by atoms with Crippen molar-refractivity contribution in [1.82, 2.24) is 4.57 Å². The number of nitrogens with zero attached hydrogens (tertiary/aromatic N) is 1. The Morgan fingerprint density at radius 3 is 2.69 bits per heavy atom. The van der Waals surface area contributed by atoms with E-state index in [-0.39, 0.29) is 30.2 Å². The summed E-state index contributed by atoms with van der Waals surface area (Å²) in [5.41, 5.74) is 0.875. The van der Waals surface area contributed by atoms with Crippen molar-refractivity contribution in [2.75, 3.05) is 7.11 Å². The van der Waals surface area contributed by atoms with Crippen molar-refractivity contribution in [1.29, 1.82) is 0 Å². The lowest BCUT2D eigenvalue weighted by Crippen LogP contribution is -2.02. The summed E-state index contributed by atoms with van der Waals surface area (Å²) in [7, 11) is 1.48. The van der Waals surface area contributed by atoms with Crippen molar-refractivity contribution in [3.8, 4) is 23.1 Å². The highest BCUT2D eigenvalue weighted by atomic mass is 32.1. The number of carboxylic acid groups (broad SMARTS) is 1. The van der Waals surface area contributed by atoms with Crippen LogP contribution in [0.3, 0.4) is 0 Å². The molecule has 2 aromatic carbocycles. The molecule has 0 radical (unpaired) electrons. The number of benzene rings is 2. The van der Waals surface area contributed by atoms with Crippen molar-refractivity contribution in [2.45, 2.75) is 32.4 Å². The minimum absolute atomic E-state index is 0.00426. The third-order valence-corrected chi connectivity index (χ3v) is 6.21. The number of ether oxygens (including phenoxy) is 2. The van der Waals surface area contributed by atoms with Gasteiger partial charge in [-0.05, 0) is 48.5 Å². The number of carboxylic acids is 1. The first kappa shape index (κ1) is 23.6. The predicted molar refractivity (Wildman–Crippen MR) is 120 cm³/mol. The highest BCUT2D eigenvalue weighted by molar-refractivity contribution is 7.73. The number of phenols is 1. The Kier molecular flexibility index (Phi) is 7.70. The van der Waals surface area contributed by atoms with Crippen LogP contribution < -0.4 is 9.47 Å². The van der Waals surface area contributed by atoms with Crippen LogP contribution in [0.1, 0.15) is 28.8 Å². The van der Waals surface area contributed by atoms with E-state index in [0.717, 1.165) is 5.56 Å². The van der Waals surface area contributed by atoms with E-state index in [1.165, 1.54) is 41.2 Å². The van der Waals surface area contributed by atoms with Gasteiger partial charge in [0.05, 0.1) is 17.6 Å². The number of thiazole rings is 1. The minimum atomic E-state index is -0.897. The quantitative estimate of drug-likeness (QED) is 0.357. The Labute approximate surface area is 192 Å². The number of hydrogen-bond donors (Lipinski definition) is 3. The fraction of sp³-hybridized carbons (Fsp3) is 0.273. The SMILES string of the molecule is COc1cc(Cc2sc(=S)n(CCCC(=O)O)c2O)ccc1OCc1c(O)cccc1F. The molecule has 0 saturated carbocycles. The van der Waals surface area contributed by atoms with Crippen LogP contribution in [0.25, 0.3) is 0 Å². The molecule has 1 aromatic heterocycles. The van der Waals surface area contributed by atoms with Crippen LogP contribution in [0.2, 0.25) is 0 Å². The average Bonchev–Trinajstić information content (AvgIpc) is 3.01. The third kappa shape index (κ3) is 5.57. The molecule has 10 heteroatoms. The number of phenolic OH excluding ortho intramolecular Hbond substituents is 1. The van der Waals surface area contributed by atoms with E-state index >= 15 is 0 Å². The summed E-state index contributed by atoms with van der Waals surface area (Å²) in [4.78, 5) is 11.4. The molecule has 0 fully saturated rings. The van der Waals surface area contributed by atoms with Gasteiger partial charge in [0, 0.05) is 19.4 Å². The van der Waals surface area contributed by atoms with E-state index in [0.29, 0.717) is 39.7 Å². The molecular weight excluding hydrogens is 457 g/mol. The van der Waals surface area contributed by atoms with Crippen LogP contribution in [-0.2, 0) is 24.4 Å². The molecule has 32 heavy (non-hydrogen) atoms. The Morgan fingerprint density at radius 1 is 1.22 bits per heavy atom. The first-order valence-corrected chi connectivity index (χ1v) is 10.9. The van der Waals surface area contributed by atoms with E-state index in [2.05, 4.69) is 0 Å². The van der Waals surface area contributed by atoms with Gasteiger partial charge in [-0.25, -0.2) is 4.39 Å². The molecule has 3 N–H and O–H groups in total. The van der Waals surface area contributed by atoms with Crippen molar-refractivity contribution in [3.63, 3.8) is 0 Å². The standard InChI is InChI=1S/C22H22FNO6S2/c1-29-18-10-13(7-8-17(18)30-12-14-15(23)4-2-5-16(14)25)11-19-21(28)24(22(31)32-19)9-3-6-20(26)27/h2,4-5,7-8,10,25,28H,3,6,9,11-12H2,1H3,(H,26,27). The van der Waals surface area contributed by atoms with Gasteiger partial charge in [-0.2, -0.15) is 0 Å². The molecule has 0 aliphatic rings. The Balaban J connectivity index is 1.74. The van der Waals surface area contributed by atoms with Gasteiger partial charge in [-0.1, -0.05) is 12.1 Å². The minimum Gasteiger partial charge on any atom is -0.507 e. The second kappa shape index (κ2) is 10.5. The van der Waals surface area contributed by atoms with Gasteiger partial charge in [0.2, 0.25) is 5.88 Å². The number of halogens is 1. The maximum Gasteiger partial charge on any atom is 0.303 e. The lowest BCUT2D eigenvalue weighted by Gasteiger charge is -2.13. The van der Waals surface area contributed by atoms with Crippen molar-refractivity contribution in [3.05, 3.63) is 62.2 Å². The largest absolute Gasteiger partial charge is 0.507 e. The summed E-state index contributed by atoms with van der Waals surface area (Å²) in [5.74, 6) is -0.828. The third-order valence-electron chi connectivity index (χ3n) is 4.77. The molecule has 170 valence electrons. The maximum atomic E-state index is 13.9. The van der Waals surface area contributed by atoms with Crippen LogP contribution >= 0.6 is 23.6 Å². The lowest BCUT2D eigenvalue weighted by atomic mass is 10.1. The number of methoxy groups -OCH3 is 1. The Bertz CT molecular complexity index is 1150. The lowest BCUT2D eigenvalue weighted by molar-refractivity contribution is -0.137. The van der Waals surface area contributed by atoms with Crippen molar-refractivity contribution >= 4 is 29.5 Å². The molecule has 0 atom stereocenters. The van der Waals surface area contributed by atoms with Crippen LogP contribution in [0, 0.1) is 9.77 Å². The monoisotopic (exact) mass is 479 g/mol. The van der Waals surface area contributed by atoms with Gasteiger partial charge in [0.15, 0.2) is 15.5 Å². The van der Waals surface area contributed by atoms with Crippen LogP contribution in [0.4, 0.5) is 4.39 Å². The zero-order chi connectivity index (χ0) is 23.3. The van der Waals surface area contributed by atoms with Crippen LogP contribution in [0.5, 0.6) is 23.1 Å². The Hall–Kier alpha value is -3.11. The molecule has 0 spiro atoms. The van der Waals surface area contributed by atoms with E-state index in [1.807, 2.05) is 0 Å². The smallest absolute Gasteiger partial charge is 0.303 e. The molecule has 1 heterocycles. The fourth-order valence-corrected chi connectivity index (χ4v) is 4.53. The summed E-state index contributed by atoms with van der Waals surface area (Å²) in [5, 5.41) is 29.1. The van der Waals surface area contributed by atoms with Gasteiger partial charge in [0.25, 0.3) is 0 Å². The van der Waals surface area contributed by atoms with Crippen molar-refractivity contribution in [2.24, 2.45) is 0 Å². The molecule has 0 amide bonds. The number of rotatable bonds is 10. The molecule has 3 rings (SSSR count). The molecular formula is C22H22FNO6S2. The Morgan fingerprint density at radius 2 is 2.00 bits per heavy atom. The van der Waals surface area contributed by atoms with E-state index in [1.54, 1.807) is 18.2 Å². The van der Waals surface area contributed by atoms with E-state index < -0.39 is 11.8 Å². The summed E-state index contributed by atoms with van der Waals surface area (Å²) in [6.07, 6.45) is 0.747. The van der Waals surface area contributed by atoms with Crippen LogP contribution in [0.15, 0.2) is 36.4 Å². The number of aromatic hydroxyl groups is 2. The molecule has 0 saturated heterocycles. The van der Waals surface area contributed by atoms with Gasteiger partial charge in [0.1, 0.15) is 18.2 Å². The molecule has 3 aromatic rings. The number of hydrogen-bond acceptors (Lipinski definition) is 7. The molecule has 0 aliphatic heterocycles. The van der Waals surface area contributed by atoms with Crippen molar-refractivity contribution < 1.29 is 34.0 Å². The van der Waals surface area contributed by atoms with Gasteiger partial charge in [-0.3, -0.25) is 9.36 Å². The first-order chi connectivity index (χ1) is 15.3. The van der Waals surface area contributed by atoms with E-state index in [4.69, 9.17) is 26.8 Å². The second-order valence-corrected chi connectivity index (χ2v) is 8.68. The summed E-state index contributed by atoms with van der Waals surface area (Å²) < 4.78 is 26.9. The van der Waals surface area contributed by atoms with Gasteiger partial charge < -0.3 is 24.8 Å². The average molecular weight is 480 g/mol. The normalized spacial score (nSPS) is 10.8. The fourth-order valence-electron chi connectivity index (χ4n) is 3.11. The highest BCUT2D eigenvalue weighted by Gasteiger charge is 2.15. The number of aromatic nitrogens is 1. The summed E-state index contributed by atoms with van der Waals surface area (Å²) in [6, 6.07) is 9.24. The molecule has 0 bridgehead atoms. The zero-order valence-corrected chi connectivity index (χ0v) is 18.8. The molecule has 0 aliphatic carbocycles. The second-order valence-electron chi connectivity index (χ2n) is 6.95. The zero-order valence-electron chi connectivity index (χ0n) is 17.2. The first-order valence-electron chi connectivity index (χ1n) is 9.69. The summed E-state index contributed by atoms with van der Waals surface area (Å²) in [6.45, 7) is 0.155. The number of aliphatic carboxylic acids is 1. The summed E-state index contributed by atoms with van der Waals surface area (Å²) >= 11 is 6.57. The predicted octanol–water partition coefficient (Wildman–Crippen LogP) is 4.87. The van der Waals surface area contributed by atoms with E-state index in [9.17, 15) is 19.4 Å². The molecule has 7 nitrogen and oxygen atoms in total. The highest BCUT2D eigenvalue weighted by Crippen LogP contribution is 2.34. The molecule has 0 unspecified atom stereocenters. The number of carbonyl (C=O) groups is 1. The maximum absolute atomic E-state index is 13.9. The van der Waals surface area contributed by atoms with Gasteiger partial charge in [-0.15, -0.1) is 11.3 Å². The van der Waals surface area contributed by atoms with Gasteiger partial charge >= 0.3 is 5.97 Å².